The minimum Gasteiger partial charge on any atom is -0.377 e. The molecule has 1 rings (SSSR count). The van der Waals surface area contributed by atoms with Crippen LogP contribution in [0.4, 0.5) is 0 Å². The van der Waals surface area contributed by atoms with E-state index < -0.39 is 0 Å². The lowest BCUT2D eigenvalue weighted by atomic mass is 10.3. The molecular formula is C11H24N2O. The second kappa shape index (κ2) is 6.38. The van der Waals surface area contributed by atoms with Crippen LogP contribution in [-0.2, 0) is 4.74 Å². The van der Waals surface area contributed by atoms with Gasteiger partial charge in [0.15, 0.2) is 0 Å². The summed E-state index contributed by atoms with van der Waals surface area (Å²) in [6.45, 7) is 11.1. The van der Waals surface area contributed by atoms with Crippen molar-refractivity contribution in [2.45, 2.75) is 26.4 Å². The summed E-state index contributed by atoms with van der Waals surface area (Å²) in [5.41, 5.74) is 0. The minimum atomic E-state index is 0.419. The van der Waals surface area contributed by atoms with E-state index in [1.165, 1.54) is 26.2 Å². The Bertz CT molecular complexity index is 144. The van der Waals surface area contributed by atoms with E-state index in [-0.39, 0.29) is 0 Å². The first-order valence-corrected chi connectivity index (χ1v) is 5.75. The molecule has 3 heteroatoms. The third-order valence-electron chi connectivity index (χ3n) is 2.98. The Balaban J connectivity index is 2.02. The van der Waals surface area contributed by atoms with Crippen molar-refractivity contribution in [1.82, 2.24) is 9.80 Å². The van der Waals surface area contributed by atoms with Gasteiger partial charge in [0.1, 0.15) is 0 Å². The highest BCUT2D eigenvalue weighted by Crippen LogP contribution is 2.00. The lowest BCUT2D eigenvalue weighted by molar-refractivity contribution is 0.0372. The van der Waals surface area contributed by atoms with Crippen molar-refractivity contribution >= 4 is 0 Å². The van der Waals surface area contributed by atoms with Gasteiger partial charge in [0.05, 0.1) is 12.7 Å². The van der Waals surface area contributed by atoms with E-state index in [1.54, 1.807) is 0 Å². The highest BCUT2D eigenvalue weighted by Gasteiger charge is 2.13. The summed E-state index contributed by atoms with van der Waals surface area (Å²) in [6, 6.07) is 0. The Morgan fingerprint density at radius 3 is 2.43 bits per heavy atom. The molecule has 0 aromatic carbocycles. The molecule has 0 aliphatic carbocycles. The highest BCUT2D eigenvalue weighted by molar-refractivity contribution is 4.68. The number of likely N-dealkylation sites (N-methyl/N-ethyl adjacent to an activating group) is 1. The van der Waals surface area contributed by atoms with Crippen LogP contribution < -0.4 is 0 Å². The maximum atomic E-state index is 5.67. The van der Waals surface area contributed by atoms with E-state index >= 15 is 0 Å². The summed E-state index contributed by atoms with van der Waals surface area (Å²) in [5.74, 6) is 0. The number of nitrogens with zero attached hydrogens (tertiary/aromatic N) is 2. The van der Waals surface area contributed by atoms with Crippen LogP contribution >= 0.6 is 0 Å². The average Bonchev–Trinajstić information content (AvgIpc) is 2.21. The second-order valence-electron chi connectivity index (χ2n) is 4.23. The normalized spacial score (nSPS) is 22.5. The van der Waals surface area contributed by atoms with Crippen molar-refractivity contribution in [2.24, 2.45) is 0 Å². The molecule has 0 saturated carbocycles. The van der Waals surface area contributed by atoms with Crippen LogP contribution in [0.1, 0.15) is 20.3 Å². The zero-order valence-corrected chi connectivity index (χ0v) is 9.83. The summed E-state index contributed by atoms with van der Waals surface area (Å²) in [7, 11) is 2.19. The maximum Gasteiger partial charge on any atom is 0.0597 e. The topological polar surface area (TPSA) is 15.7 Å². The predicted octanol–water partition coefficient (Wildman–Crippen LogP) is 1.05. The van der Waals surface area contributed by atoms with Crippen molar-refractivity contribution in [3.8, 4) is 0 Å². The second-order valence-corrected chi connectivity index (χ2v) is 4.23. The van der Waals surface area contributed by atoms with Crippen LogP contribution in [0, 0.1) is 0 Å². The molecule has 1 unspecified atom stereocenters. The molecule has 1 fully saturated rings. The molecule has 0 N–H and O–H groups in total. The predicted molar refractivity (Wildman–Crippen MR) is 59.6 cm³/mol. The van der Waals surface area contributed by atoms with Crippen molar-refractivity contribution in [3.63, 3.8) is 0 Å². The van der Waals surface area contributed by atoms with E-state index in [4.69, 9.17) is 4.74 Å². The van der Waals surface area contributed by atoms with Gasteiger partial charge in [0, 0.05) is 32.7 Å². The molecule has 1 aliphatic rings. The first-order chi connectivity index (χ1) is 6.72. The van der Waals surface area contributed by atoms with Gasteiger partial charge < -0.3 is 9.64 Å². The Morgan fingerprint density at radius 1 is 1.21 bits per heavy atom. The third kappa shape index (κ3) is 4.40. The van der Waals surface area contributed by atoms with Crippen LogP contribution in [0.3, 0.4) is 0 Å². The molecule has 0 spiro atoms. The van der Waals surface area contributed by atoms with Crippen LogP contribution in [0.15, 0.2) is 0 Å². The van der Waals surface area contributed by atoms with Gasteiger partial charge in [-0.1, -0.05) is 6.92 Å². The Hall–Kier alpha value is -0.120. The SMILES string of the molecule is CCC(C)OCCN1CCN(C)CC1. The molecule has 84 valence electrons. The molecular weight excluding hydrogens is 176 g/mol. The van der Waals surface area contributed by atoms with Gasteiger partial charge in [-0.3, -0.25) is 4.90 Å². The fourth-order valence-electron chi connectivity index (χ4n) is 1.57. The summed E-state index contributed by atoms with van der Waals surface area (Å²) < 4.78 is 5.67. The van der Waals surface area contributed by atoms with E-state index in [9.17, 15) is 0 Å². The molecule has 0 radical (unpaired) electrons. The van der Waals surface area contributed by atoms with E-state index in [0.29, 0.717) is 6.10 Å². The monoisotopic (exact) mass is 200 g/mol. The van der Waals surface area contributed by atoms with Crippen molar-refractivity contribution < 1.29 is 4.74 Å². The van der Waals surface area contributed by atoms with Gasteiger partial charge in [-0.2, -0.15) is 0 Å². The van der Waals surface area contributed by atoms with Crippen molar-refractivity contribution in [2.75, 3.05) is 46.4 Å². The zero-order chi connectivity index (χ0) is 10.4. The standard InChI is InChI=1S/C11H24N2O/c1-4-11(2)14-10-9-13-7-5-12(3)6-8-13/h11H,4-10H2,1-3H3. The quantitative estimate of drug-likeness (QED) is 0.660. The molecule has 14 heavy (non-hydrogen) atoms. The maximum absolute atomic E-state index is 5.67. The van der Waals surface area contributed by atoms with Crippen LogP contribution in [0.2, 0.25) is 0 Å². The summed E-state index contributed by atoms with van der Waals surface area (Å²) >= 11 is 0. The van der Waals surface area contributed by atoms with Gasteiger partial charge in [-0.15, -0.1) is 0 Å². The molecule has 1 saturated heterocycles. The number of ether oxygens (including phenoxy) is 1. The lowest BCUT2D eigenvalue weighted by Crippen LogP contribution is -2.45. The zero-order valence-electron chi connectivity index (χ0n) is 9.83. The van der Waals surface area contributed by atoms with Crippen molar-refractivity contribution in [3.05, 3.63) is 0 Å². The fourth-order valence-corrected chi connectivity index (χ4v) is 1.57. The number of rotatable bonds is 5. The largest absolute Gasteiger partial charge is 0.377 e. The summed E-state index contributed by atoms with van der Waals surface area (Å²) in [4.78, 5) is 4.87. The van der Waals surface area contributed by atoms with E-state index in [2.05, 4.69) is 30.7 Å². The molecule has 1 aliphatic heterocycles. The van der Waals surface area contributed by atoms with Gasteiger partial charge in [0.25, 0.3) is 0 Å². The van der Waals surface area contributed by atoms with E-state index in [0.717, 1.165) is 19.6 Å². The first kappa shape index (κ1) is 12.0. The molecule has 1 heterocycles. The first-order valence-electron chi connectivity index (χ1n) is 5.75. The van der Waals surface area contributed by atoms with Crippen molar-refractivity contribution in [1.29, 1.82) is 0 Å². The van der Waals surface area contributed by atoms with Gasteiger partial charge in [0.2, 0.25) is 0 Å². The number of hydrogen-bond acceptors (Lipinski definition) is 3. The lowest BCUT2D eigenvalue weighted by Gasteiger charge is -2.32. The molecule has 0 aromatic heterocycles. The number of hydrogen-bond donors (Lipinski definition) is 0. The van der Waals surface area contributed by atoms with E-state index in [1.807, 2.05) is 0 Å². The average molecular weight is 200 g/mol. The fraction of sp³-hybridized carbons (Fsp3) is 1.00. The molecule has 0 amide bonds. The smallest absolute Gasteiger partial charge is 0.0597 e. The third-order valence-corrected chi connectivity index (χ3v) is 2.98. The Labute approximate surface area is 88.0 Å². The van der Waals surface area contributed by atoms with Gasteiger partial charge >= 0.3 is 0 Å². The minimum absolute atomic E-state index is 0.419. The van der Waals surface area contributed by atoms with Gasteiger partial charge in [-0.25, -0.2) is 0 Å². The Morgan fingerprint density at radius 2 is 1.86 bits per heavy atom. The molecule has 1 atom stereocenters. The van der Waals surface area contributed by atoms with Gasteiger partial charge in [-0.05, 0) is 20.4 Å². The number of piperazine rings is 1. The highest BCUT2D eigenvalue weighted by atomic mass is 16.5. The summed E-state index contributed by atoms with van der Waals surface area (Å²) in [5, 5.41) is 0. The van der Waals surface area contributed by atoms with Crippen LogP contribution in [-0.4, -0.2) is 62.3 Å². The van der Waals surface area contributed by atoms with Crippen LogP contribution in [0.5, 0.6) is 0 Å². The molecule has 0 bridgehead atoms. The molecule has 3 nitrogen and oxygen atoms in total. The van der Waals surface area contributed by atoms with Crippen LogP contribution in [0.25, 0.3) is 0 Å². The summed E-state index contributed by atoms with van der Waals surface area (Å²) in [6.07, 6.45) is 1.53. The molecule has 0 aromatic rings. The Kier molecular flexibility index (Phi) is 5.45.